The van der Waals surface area contributed by atoms with Crippen molar-refractivity contribution in [2.45, 2.75) is 206 Å². The van der Waals surface area contributed by atoms with Gasteiger partial charge in [0.05, 0.1) is 13.2 Å². The molecule has 0 aromatic carbocycles. The van der Waals surface area contributed by atoms with Crippen LogP contribution in [-0.2, 0) is 9.47 Å². The standard InChI is InChI=1S/C40H77NO2/c1-3-5-7-9-11-13-15-17-19-21-23-25-27-29-31-33-37-42-40(35-36-41-39-40)43-38-34-32-30-28-26-24-22-20-18-16-14-12-10-8-6-4-2/h13-16,41H,3-12,17-39H2,1-2H3/b15-13-,16-14-. The first-order valence-electron chi connectivity index (χ1n) is 19.6. The second-order valence-corrected chi connectivity index (χ2v) is 13.4. The van der Waals surface area contributed by atoms with Gasteiger partial charge in [-0.25, -0.2) is 0 Å². The van der Waals surface area contributed by atoms with E-state index in [1.165, 1.54) is 180 Å². The Labute approximate surface area is 270 Å². The molecular formula is C40H77NO2. The molecule has 254 valence electrons. The molecule has 0 saturated carbocycles. The van der Waals surface area contributed by atoms with Crippen LogP contribution >= 0.6 is 0 Å². The van der Waals surface area contributed by atoms with Crippen LogP contribution in [0.2, 0.25) is 0 Å². The highest BCUT2D eigenvalue weighted by atomic mass is 16.7. The third kappa shape index (κ3) is 27.4. The van der Waals surface area contributed by atoms with Crippen molar-refractivity contribution in [1.82, 2.24) is 5.32 Å². The summed E-state index contributed by atoms with van der Waals surface area (Å²) in [5.41, 5.74) is 0. The van der Waals surface area contributed by atoms with Crippen molar-refractivity contribution >= 4 is 0 Å². The van der Waals surface area contributed by atoms with E-state index in [9.17, 15) is 0 Å². The highest BCUT2D eigenvalue weighted by molar-refractivity contribution is 4.83. The summed E-state index contributed by atoms with van der Waals surface area (Å²) in [7, 11) is 0. The van der Waals surface area contributed by atoms with E-state index < -0.39 is 0 Å². The molecule has 0 aromatic rings. The van der Waals surface area contributed by atoms with Gasteiger partial charge in [0.15, 0.2) is 5.79 Å². The van der Waals surface area contributed by atoms with Gasteiger partial charge < -0.3 is 14.8 Å². The summed E-state index contributed by atoms with van der Waals surface area (Å²) >= 11 is 0. The molecule has 1 saturated heterocycles. The molecule has 3 nitrogen and oxygen atoms in total. The Bertz CT molecular complexity index is 549. The number of nitrogens with one attached hydrogen (secondary N) is 1. The molecule has 1 fully saturated rings. The van der Waals surface area contributed by atoms with Crippen molar-refractivity contribution < 1.29 is 9.47 Å². The van der Waals surface area contributed by atoms with E-state index in [1.54, 1.807) is 0 Å². The van der Waals surface area contributed by atoms with Crippen molar-refractivity contribution in [3.8, 4) is 0 Å². The van der Waals surface area contributed by atoms with E-state index in [2.05, 4.69) is 43.5 Å². The van der Waals surface area contributed by atoms with Gasteiger partial charge in [-0.15, -0.1) is 0 Å². The molecule has 0 unspecified atom stereocenters. The fraction of sp³-hybridized carbons (Fsp3) is 0.900. The largest absolute Gasteiger partial charge is 0.349 e. The predicted molar refractivity (Wildman–Crippen MR) is 191 cm³/mol. The van der Waals surface area contributed by atoms with Gasteiger partial charge in [-0.2, -0.15) is 0 Å². The Balaban J connectivity index is 1.87. The number of hydrogen-bond acceptors (Lipinski definition) is 3. The van der Waals surface area contributed by atoms with Crippen molar-refractivity contribution in [1.29, 1.82) is 0 Å². The number of unbranched alkanes of at least 4 members (excludes halogenated alkanes) is 24. The average molecular weight is 604 g/mol. The Hall–Kier alpha value is -0.640. The molecule has 0 amide bonds. The maximum absolute atomic E-state index is 6.34. The van der Waals surface area contributed by atoms with E-state index in [0.29, 0.717) is 0 Å². The van der Waals surface area contributed by atoms with Crippen LogP contribution in [0.1, 0.15) is 200 Å². The third-order valence-corrected chi connectivity index (χ3v) is 9.12. The summed E-state index contributed by atoms with van der Waals surface area (Å²) < 4.78 is 12.7. The van der Waals surface area contributed by atoms with Gasteiger partial charge in [0.1, 0.15) is 0 Å². The summed E-state index contributed by atoms with van der Waals surface area (Å²) in [6.45, 7) is 8.14. The normalized spacial score (nSPS) is 15.0. The summed E-state index contributed by atoms with van der Waals surface area (Å²) in [5.74, 6) is -0.353. The van der Waals surface area contributed by atoms with E-state index in [0.717, 1.165) is 32.7 Å². The second kappa shape index (κ2) is 32.7. The van der Waals surface area contributed by atoms with Gasteiger partial charge in [0.2, 0.25) is 0 Å². The monoisotopic (exact) mass is 604 g/mol. The molecule has 0 bridgehead atoms. The molecule has 0 aliphatic carbocycles. The number of ether oxygens (including phenoxy) is 2. The van der Waals surface area contributed by atoms with Gasteiger partial charge in [-0.3, -0.25) is 0 Å². The maximum atomic E-state index is 6.34. The Morgan fingerprint density at radius 3 is 1.09 bits per heavy atom. The van der Waals surface area contributed by atoms with Crippen molar-refractivity contribution in [3.63, 3.8) is 0 Å². The average Bonchev–Trinajstić information content (AvgIpc) is 3.49. The van der Waals surface area contributed by atoms with Gasteiger partial charge >= 0.3 is 0 Å². The molecule has 1 aliphatic heterocycles. The Morgan fingerprint density at radius 1 is 0.442 bits per heavy atom. The smallest absolute Gasteiger partial charge is 0.181 e. The van der Waals surface area contributed by atoms with Crippen LogP contribution in [-0.4, -0.2) is 32.1 Å². The van der Waals surface area contributed by atoms with Gasteiger partial charge in [-0.05, 0) is 64.2 Å². The molecule has 0 aromatic heterocycles. The van der Waals surface area contributed by atoms with E-state index >= 15 is 0 Å². The maximum Gasteiger partial charge on any atom is 0.181 e. The second-order valence-electron chi connectivity index (χ2n) is 13.4. The predicted octanol–water partition coefficient (Wildman–Crippen LogP) is 12.8. The van der Waals surface area contributed by atoms with Crippen LogP contribution in [0.5, 0.6) is 0 Å². The summed E-state index contributed by atoms with van der Waals surface area (Å²) in [6, 6.07) is 0. The molecule has 1 aliphatic rings. The van der Waals surface area contributed by atoms with Gasteiger partial charge in [-0.1, -0.05) is 154 Å². The molecular weight excluding hydrogens is 526 g/mol. The van der Waals surface area contributed by atoms with Gasteiger partial charge in [0, 0.05) is 19.5 Å². The third-order valence-electron chi connectivity index (χ3n) is 9.12. The van der Waals surface area contributed by atoms with Crippen molar-refractivity contribution in [2.24, 2.45) is 0 Å². The first kappa shape index (κ1) is 40.4. The van der Waals surface area contributed by atoms with E-state index in [1.807, 2.05) is 0 Å². The fourth-order valence-corrected chi connectivity index (χ4v) is 6.15. The zero-order valence-corrected chi connectivity index (χ0v) is 29.5. The van der Waals surface area contributed by atoms with Crippen LogP contribution in [0.4, 0.5) is 0 Å². The molecule has 1 N–H and O–H groups in total. The SMILES string of the molecule is CCCCCC/C=C\CCCCCCCCCCOC1(OCCCCCCCCCC/C=C\CCCCCC)CCNC1. The molecule has 43 heavy (non-hydrogen) atoms. The van der Waals surface area contributed by atoms with E-state index in [4.69, 9.17) is 9.47 Å². The first-order valence-corrected chi connectivity index (χ1v) is 19.6. The molecule has 0 spiro atoms. The number of hydrogen-bond donors (Lipinski definition) is 1. The highest BCUT2D eigenvalue weighted by Gasteiger charge is 2.35. The van der Waals surface area contributed by atoms with Crippen LogP contribution < -0.4 is 5.32 Å². The van der Waals surface area contributed by atoms with E-state index in [-0.39, 0.29) is 5.79 Å². The highest BCUT2D eigenvalue weighted by Crippen LogP contribution is 2.23. The lowest BCUT2D eigenvalue weighted by Crippen LogP contribution is -2.39. The molecule has 0 radical (unpaired) electrons. The lowest BCUT2D eigenvalue weighted by atomic mass is 10.1. The van der Waals surface area contributed by atoms with Gasteiger partial charge in [0.25, 0.3) is 0 Å². The van der Waals surface area contributed by atoms with Crippen molar-refractivity contribution in [3.05, 3.63) is 24.3 Å². The minimum Gasteiger partial charge on any atom is -0.349 e. The van der Waals surface area contributed by atoms with Crippen molar-refractivity contribution in [2.75, 3.05) is 26.3 Å². The summed E-state index contributed by atoms with van der Waals surface area (Å²) in [5, 5.41) is 3.47. The van der Waals surface area contributed by atoms with Crippen LogP contribution in [0.15, 0.2) is 24.3 Å². The van der Waals surface area contributed by atoms with Crippen LogP contribution in [0.3, 0.4) is 0 Å². The minimum absolute atomic E-state index is 0.353. The summed E-state index contributed by atoms with van der Waals surface area (Å²) in [6.07, 6.45) is 48.3. The fourth-order valence-electron chi connectivity index (χ4n) is 6.15. The quantitative estimate of drug-likeness (QED) is 0.0451. The molecule has 1 heterocycles. The Kier molecular flexibility index (Phi) is 30.8. The number of rotatable bonds is 34. The molecule has 0 atom stereocenters. The lowest BCUT2D eigenvalue weighted by molar-refractivity contribution is -0.224. The zero-order valence-electron chi connectivity index (χ0n) is 29.5. The molecule has 3 heteroatoms. The molecule has 1 rings (SSSR count). The van der Waals surface area contributed by atoms with Crippen LogP contribution in [0, 0.1) is 0 Å². The lowest BCUT2D eigenvalue weighted by Gasteiger charge is -2.29. The minimum atomic E-state index is -0.353. The Morgan fingerprint density at radius 2 is 0.767 bits per heavy atom. The van der Waals surface area contributed by atoms with Crippen LogP contribution in [0.25, 0.3) is 0 Å². The summed E-state index contributed by atoms with van der Waals surface area (Å²) in [4.78, 5) is 0. The topological polar surface area (TPSA) is 30.5 Å². The zero-order chi connectivity index (χ0) is 30.8. The first-order chi connectivity index (χ1) is 21.3. The number of allylic oxidation sites excluding steroid dienone is 4.